The Morgan fingerprint density at radius 1 is 1.32 bits per heavy atom. The molecule has 3 rings (SSSR count). The summed E-state index contributed by atoms with van der Waals surface area (Å²) in [4.78, 5) is 18.0. The van der Waals surface area contributed by atoms with E-state index in [1.54, 1.807) is 12.3 Å². The number of rotatable bonds is 5. The highest BCUT2D eigenvalue weighted by Crippen LogP contribution is 2.28. The Hall–Kier alpha value is -2.89. The molecular formula is C16H15FN4O. The number of carbonyl (C=O) groups is 1. The van der Waals surface area contributed by atoms with Gasteiger partial charge in [0.2, 0.25) is 5.91 Å². The predicted molar refractivity (Wildman–Crippen MR) is 83.8 cm³/mol. The standard InChI is InChI=1S/C16H15FN4O/c17-11-2-3-12-13(9-20-14(12)7-11)10-1-4-16(21-8-10)19-6-5-15(18)22/h1-4,7-9,20H,5-6H2,(H2,18,22)(H,19,21). The van der Waals surface area contributed by atoms with E-state index in [9.17, 15) is 9.18 Å². The molecule has 0 aliphatic heterocycles. The number of fused-ring (bicyclic) bond motifs is 1. The first-order valence-corrected chi connectivity index (χ1v) is 6.89. The molecule has 0 bridgehead atoms. The summed E-state index contributed by atoms with van der Waals surface area (Å²) in [5.41, 5.74) is 7.72. The minimum atomic E-state index is -0.352. The lowest BCUT2D eigenvalue weighted by Gasteiger charge is -2.05. The maximum Gasteiger partial charge on any atom is 0.219 e. The second kappa shape index (κ2) is 5.85. The Morgan fingerprint density at radius 3 is 2.91 bits per heavy atom. The number of nitrogens with zero attached hydrogens (tertiary/aromatic N) is 1. The van der Waals surface area contributed by atoms with Crippen LogP contribution in [-0.2, 0) is 4.79 Å². The van der Waals surface area contributed by atoms with E-state index in [-0.39, 0.29) is 18.1 Å². The van der Waals surface area contributed by atoms with Gasteiger partial charge in [-0.25, -0.2) is 9.37 Å². The highest BCUT2D eigenvalue weighted by atomic mass is 19.1. The smallest absolute Gasteiger partial charge is 0.219 e. The number of benzene rings is 1. The number of hydrogen-bond donors (Lipinski definition) is 3. The van der Waals surface area contributed by atoms with E-state index < -0.39 is 0 Å². The molecule has 2 heterocycles. The number of primary amides is 1. The minimum Gasteiger partial charge on any atom is -0.370 e. The molecule has 0 aliphatic rings. The summed E-state index contributed by atoms with van der Waals surface area (Å²) < 4.78 is 13.2. The van der Waals surface area contributed by atoms with Gasteiger partial charge in [-0.3, -0.25) is 4.79 Å². The van der Waals surface area contributed by atoms with Crippen molar-refractivity contribution in [2.75, 3.05) is 11.9 Å². The molecule has 22 heavy (non-hydrogen) atoms. The minimum absolute atomic E-state index is 0.261. The van der Waals surface area contributed by atoms with Gasteiger partial charge in [-0.05, 0) is 30.3 Å². The summed E-state index contributed by atoms with van der Waals surface area (Å²) in [5.74, 6) is 0.0547. The lowest BCUT2D eigenvalue weighted by atomic mass is 10.1. The molecule has 0 fully saturated rings. The molecular weight excluding hydrogens is 283 g/mol. The van der Waals surface area contributed by atoms with Crippen LogP contribution in [0.5, 0.6) is 0 Å². The third-order valence-electron chi connectivity index (χ3n) is 3.40. The van der Waals surface area contributed by atoms with Gasteiger partial charge in [0.15, 0.2) is 0 Å². The first kappa shape index (κ1) is 14.1. The number of nitrogens with one attached hydrogen (secondary N) is 2. The fourth-order valence-electron chi connectivity index (χ4n) is 2.31. The Kier molecular flexibility index (Phi) is 3.74. The molecule has 5 nitrogen and oxygen atoms in total. The number of carbonyl (C=O) groups excluding carboxylic acids is 1. The van der Waals surface area contributed by atoms with Gasteiger partial charge >= 0.3 is 0 Å². The van der Waals surface area contributed by atoms with E-state index in [2.05, 4.69) is 15.3 Å². The van der Waals surface area contributed by atoms with Crippen molar-refractivity contribution in [3.8, 4) is 11.1 Å². The SMILES string of the molecule is NC(=O)CCNc1ccc(-c2c[nH]c3cc(F)ccc23)cn1. The van der Waals surface area contributed by atoms with Crippen molar-refractivity contribution in [3.05, 3.63) is 48.5 Å². The van der Waals surface area contributed by atoms with Crippen LogP contribution in [0.15, 0.2) is 42.7 Å². The van der Waals surface area contributed by atoms with E-state index >= 15 is 0 Å². The number of amides is 1. The van der Waals surface area contributed by atoms with Crippen molar-refractivity contribution in [1.82, 2.24) is 9.97 Å². The molecule has 6 heteroatoms. The monoisotopic (exact) mass is 298 g/mol. The summed E-state index contributed by atoms with van der Waals surface area (Å²) in [6.45, 7) is 0.452. The Morgan fingerprint density at radius 2 is 2.18 bits per heavy atom. The Balaban J connectivity index is 1.81. The molecule has 1 amide bonds. The summed E-state index contributed by atoms with van der Waals surface area (Å²) >= 11 is 0. The predicted octanol–water partition coefficient (Wildman–Crippen LogP) is 2.66. The van der Waals surface area contributed by atoms with Gasteiger partial charge in [0, 0.05) is 47.4 Å². The van der Waals surface area contributed by atoms with Crippen molar-refractivity contribution in [2.45, 2.75) is 6.42 Å². The third kappa shape index (κ3) is 2.90. The maximum atomic E-state index is 13.2. The van der Waals surface area contributed by atoms with Crippen molar-refractivity contribution in [2.24, 2.45) is 5.73 Å². The Bertz CT molecular complexity index is 811. The average molecular weight is 298 g/mol. The normalized spacial score (nSPS) is 10.8. The van der Waals surface area contributed by atoms with Crippen LogP contribution in [0.4, 0.5) is 10.2 Å². The zero-order chi connectivity index (χ0) is 15.5. The summed E-state index contributed by atoms with van der Waals surface area (Å²) in [6, 6.07) is 8.40. The van der Waals surface area contributed by atoms with Crippen LogP contribution in [0.3, 0.4) is 0 Å². The van der Waals surface area contributed by atoms with Crippen LogP contribution >= 0.6 is 0 Å². The van der Waals surface area contributed by atoms with Crippen molar-refractivity contribution < 1.29 is 9.18 Å². The average Bonchev–Trinajstić information content (AvgIpc) is 2.90. The molecule has 0 spiro atoms. The number of anilines is 1. The number of pyridine rings is 1. The van der Waals surface area contributed by atoms with Crippen LogP contribution < -0.4 is 11.1 Å². The zero-order valence-electron chi connectivity index (χ0n) is 11.8. The zero-order valence-corrected chi connectivity index (χ0v) is 11.8. The topological polar surface area (TPSA) is 83.8 Å². The van der Waals surface area contributed by atoms with Gasteiger partial charge in [0.25, 0.3) is 0 Å². The molecule has 1 aromatic carbocycles. The molecule has 0 saturated carbocycles. The quantitative estimate of drug-likeness (QED) is 0.677. The molecule has 0 saturated heterocycles. The van der Waals surface area contributed by atoms with Crippen LogP contribution in [-0.4, -0.2) is 22.4 Å². The summed E-state index contributed by atoms with van der Waals surface area (Å²) in [7, 11) is 0. The van der Waals surface area contributed by atoms with E-state index in [1.165, 1.54) is 12.1 Å². The van der Waals surface area contributed by atoms with Crippen molar-refractivity contribution >= 4 is 22.6 Å². The fraction of sp³-hybridized carbons (Fsp3) is 0.125. The number of aromatic nitrogens is 2. The molecule has 0 radical (unpaired) electrons. The van der Waals surface area contributed by atoms with E-state index in [4.69, 9.17) is 5.73 Å². The van der Waals surface area contributed by atoms with Gasteiger partial charge < -0.3 is 16.0 Å². The number of nitrogens with two attached hydrogens (primary N) is 1. The molecule has 112 valence electrons. The van der Waals surface area contributed by atoms with E-state index in [0.29, 0.717) is 12.4 Å². The fourth-order valence-corrected chi connectivity index (χ4v) is 2.31. The lowest BCUT2D eigenvalue weighted by Crippen LogP contribution is -2.16. The van der Waals surface area contributed by atoms with Crippen LogP contribution in [0.25, 0.3) is 22.0 Å². The molecule has 0 aliphatic carbocycles. The molecule has 4 N–H and O–H groups in total. The van der Waals surface area contributed by atoms with Gasteiger partial charge in [0.05, 0.1) is 0 Å². The number of hydrogen-bond acceptors (Lipinski definition) is 3. The number of aromatic amines is 1. The summed E-state index contributed by atoms with van der Waals surface area (Å²) in [5, 5.41) is 3.97. The van der Waals surface area contributed by atoms with Crippen LogP contribution in [0, 0.1) is 5.82 Å². The molecule has 0 unspecified atom stereocenters. The highest BCUT2D eigenvalue weighted by Gasteiger charge is 2.07. The van der Waals surface area contributed by atoms with E-state index in [1.807, 2.05) is 18.3 Å². The molecule has 2 aromatic heterocycles. The van der Waals surface area contributed by atoms with E-state index in [0.717, 1.165) is 22.0 Å². The van der Waals surface area contributed by atoms with Crippen LogP contribution in [0.1, 0.15) is 6.42 Å². The second-order valence-corrected chi connectivity index (χ2v) is 4.97. The molecule has 0 atom stereocenters. The van der Waals surface area contributed by atoms with Gasteiger partial charge in [-0.15, -0.1) is 0 Å². The van der Waals surface area contributed by atoms with Crippen LogP contribution in [0.2, 0.25) is 0 Å². The largest absolute Gasteiger partial charge is 0.370 e. The Labute approximate surface area is 126 Å². The first-order valence-electron chi connectivity index (χ1n) is 6.89. The maximum absolute atomic E-state index is 13.2. The summed E-state index contributed by atoms with van der Waals surface area (Å²) in [6.07, 6.45) is 3.83. The second-order valence-electron chi connectivity index (χ2n) is 4.97. The lowest BCUT2D eigenvalue weighted by molar-refractivity contribution is -0.117. The van der Waals surface area contributed by atoms with Crippen molar-refractivity contribution in [3.63, 3.8) is 0 Å². The highest BCUT2D eigenvalue weighted by molar-refractivity contribution is 5.95. The van der Waals surface area contributed by atoms with Crippen molar-refractivity contribution in [1.29, 1.82) is 0 Å². The van der Waals surface area contributed by atoms with Gasteiger partial charge in [-0.2, -0.15) is 0 Å². The molecule has 3 aromatic rings. The van der Waals surface area contributed by atoms with Gasteiger partial charge in [0.1, 0.15) is 11.6 Å². The third-order valence-corrected chi connectivity index (χ3v) is 3.40. The number of H-pyrrole nitrogens is 1. The van der Waals surface area contributed by atoms with Gasteiger partial charge in [-0.1, -0.05) is 0 Å². The number of halogens is 1. The first-order chi connectivity index (χ1) is 10.6.